The molecule has 0 atom stereocenters. The fourth-order valence-corrected chi connectivity index (χ4v) is 19.0. The number of para-hydroxylation sites is 2. The molecule has 110 heavy (non-hydrogen) atoms. The predicted octanol–water partition coefficient (Wildman–Crippen LogP) is 28.5. The van der Waals surface area contributed by atoms with Crippen LogP contribution in [-0.2, 0) is 0 Å². The lowest BCUT2D eigenvalue weighted by atomic mass is 9.89. The lowest BCUT2D eigenvalue weighted by molar-refractivity contribution is 1.07. The number of aryl methyl sites for hydroxylation is 2. The van der Waals surface area contributed by atoms with Gasteiger partial charge in [0, 0.05) is 108 Å². The highest BCUT2D eigenvalue weighted by atomic mass is 32.1. The Bertz CT molecular complexity index is 7150. The van der Waals surface area contributed by atoms with Crippen LogP contribution in [0.1, 0.15) is 11.4 Å². The van der Waals surface area contributed by atoms with Crippen molar-refractivity contribution in [2.45, 2.75) is 13.8 Å². The lowest BCUT2D eigenvalue weighted by Gasteiger charge is -2.26. The van der Waals surface area contributed by atoms with Crippen LogP contribution in [0.2, 0.25) is 0 Å². The van der Waals surface area contributed by atoms with Gasteiger partial charge >= 0.3 is 0 Å². The summed E-state index contributed by atoms with van der Waals surface area (Å²) in [5, 5.41) is 12.3. The van der Waals surface area contributed by atoms with Crippen LogP contribution in [0.3, 0.4) is 0 Å². The number of aromatic nitrogens is 5. The van der Waals surface area contributed by atoms with Gasteiger partial charge in [-0.25, -0.2) is 15.0 Å². The van der Waals surface area contributed by atoms with E-state index in [4.69, 9.17) is 19.9 Å². The molecule has 5 heterocycles. The molecule has 0 bridgehead atoms. The summed E-state index contributed by atoms with van der Waals surface area (Å²) >= 11 is 3.74. The fraction of sp³-hybridized carbons (Fsp3) is 0.0196. The second kappa shape index (κ2) is 26.6. The summed E-state index contributed by atoms with van der Waals surface area (Å²) in [4.78, 5) is 22.9. The molecule has 0 unspecified atom stereocenters. The SMILES string of the molecule is Cc1ccc(-c2cc(-c3nc(-c4ccccc4)nc(-c4ccccc4)n3)cc(-c3cc4cc(-c5ccc6sc7c(-c8ccc(N(c9ccc(-c%10ccc%11c%12ccccc%12n(-c%12ccccc%12)c%11c%10)cc9)c9ccc(-c%10cccc%11c%10sc%10ccccc%10%11)cc9)cc8)cccc7c6c5)ccc4c4ccccc34)c2)c(C)n1. The van der Waals surface area contributed by atoms with E-state index in [2.05, 4.69) is 344 Å². The zero-order chi connectivity index (χ0) is 72.9. The summed E-state index contributed by atoms with van der Waals surface area (Å²) in [5.41, 5.74) is 25.1. The lowest BCUT2D eigenvalue weighted by Crippen LogP contribution is -2.09. The molecule has 0 aliphatic heterocycles. The first-order chi connectivity index (χ1) is 54.3. The van der Waals surface area contributed by atoms with Crippen LogP contribution in [0, 0.1) is 13.8 Å². The van der Waals surface area contributed by atoms with Gasteiger partial charge in [0.15, 0.2) is 17.5 Å². The van der Waals surface area contributed by atoms with Gasteiger partial charge in [-0.2, -0.15) is 0 Å². The fourth-order valence-electron chi connectivity index (χ4n) is 16.5. The maximum atomic E-state index is 5.25. The van der Waals surface area contributed by atoms with Crippen LogP contribution in [0.25, 0.3) is 190 Å². The third-order valence-corrected chi connectivity index (χ3v) is 24.3. The number of hydrogen-bond acceptors (Lipinski definition) is 7. The topological polar surface area (TPSA) is 59.7 Å². The van der Waals surface area contributed by atoms with E-state index in [9.17, 15) is 0 Å². The van der Waals surface area contributed by atoms with Crippen molar-refractivity contribution in [2.75, 3.05) is 4.90 Å². The smallest absolute Gasteiger partial charge is 0.164 e. The molecule has 0 aliphatic carbocycles. The Morgan fingerprint density at radius 1 is 0.245 bits per heavy atom. The standard InChI is InChI=1S/C102H66N6S2/c1-63-36-52-81(64(2)103-63)73-57-74(59-76(58-73)102-105-100(68-20-6-3-7-21-68)104-101(106-102)69-22-8-4-9-23-69)92-61-75-56-70(43-53-82(75)85-26-12-13-27-86(85)92)71-45-55-97-93(60-71)91-33-19-31-84(99(91)110-97)67-41-50-80(51-42-67)107(79-48-39-66(40-49-79)83-30-18-32-90-89-29-15-17-35-96(89)109-98(83)90)78-46-37-65(38-47-78)72-44-54-88-87-28-14-16-34-94(87)108(95(88)62-72)77-24-10-5-11-25-77/h3-62H,1-2H3. The summed E-state index contributed by atoms with van der Waals surface area (Å²) in [7, 11) is 0. The largest absolute Gasteiger partial charge is 0.311 e. The molecule has 0 amide bonds. The highest BCUT2D eigenvalue weighted by Crippen LogP contribution is 2.47. The van der Waals surface area contributed by atoms with Crippen molar-refractivity contribution in [2.24, 2.45) is 0 Å². The molecular weight excluding hydrogens is 1370 g/mol. The Morgan fingerprint density at radius 2 is 0.709 bits per heavy atom. The van der Waals surface area contributed by atoms with E-state index in [-0.39, 0.29) is 0 Å². The van der Waals surface area contributed by atoms with Gasteiger partial charge in [-0.1, -0.05) is 249 Å². The van der Waals surface area contributed by atoms with Gasteiger partial charge < -0.3 is 9.47 Å². The maximum absolute atomic E-state index is 5.25. The Labute approximate surface area is 644 Å². The van der Waals surface area contributed by atoms with Crippen molar-refractivity contribution in [3.63, 3.8) is 0 Å². The van der Waals surface area contributed by atoms with Gasteiger partial charge in [0.25, 0.3) is 0 Å². The summed E-state index contributed by atoms with van der Waals surface area (Å²) in [6.45, 7) is 4.14. The number of thiophene rings is 2. The molecule has 16 aromatic carbocycles. The number of benzene rings is 16. The molecule has 0 saturated heterocycles. The molecule has 0 aliphatic rings. The van der Waals surface area contributed by atoms with Crippen molar-refractivity contribution in [3.05, 3.63) is 375 Å². The molecular formula is C102H66N6S2. The molecule has 0 fully saturated rings. The number of pyridine rings is 1. The second-order valence-electron chi connectivity index (χ2n) is 28.5. The van der Waals surface area contributed by atoms with Crippen molar-refractivity contribution in [3.8, 4) is 107 Å². The minimum absolute atomic E-state index is 0.596. The molecule has 0 saturated carbocycles. The minimum atomic E-state index is 0.596. The number of hydrogen-bond donors (Lipinski definition) is 0. The Kier molecular flexibility index (Phi) is 15.6. The highest BCUT2D eigenvalue weighted by Gasteiger charge is 2.22. The number of anilines is 3. The van der Waals surface area contributed by atoms with Gasteiger partial charge in [0.1, 0.15) is 0 Å². The van der Waals surface area contributed by atoms with Gasteiger partial charge in [0.2, 0.25) is 0 Å². The highest BCUT2D eigenvalue weighted by molar-refractivity contribution is 7.26. The van der Waals surface area contributed by atoms with Gasteiger partial charge in [0.05, 0.1) is 11.0 Å². The quantitative estimate of drug-likeness (QED) is 0.108. The molecule has 21 aromatic rings. The summed E-state index contributed by atoms with van der Waals surface area (Å²) in [6.07, 6.45) is 0. The number of rotatable bonds is 13. The Hall–Kier alpha value is -13.8. The first-order valence-electron chi connectivity index (χ1n) is 37.3. The van der Waals surface area contributed by atoms with Crippen LogP contribution in [0.5, 0.6) is 0 Å². The summed E-state index contributed by atoms with van der Waals surface area (Å²) in [6, 6.07) is 133. The predicted molar refractivity (Wildman–Crippen MR) is 466 cm³/mol. The molecule has 6 nitrogen and oxygen atoms in total. The molecule has 21 rings (SSSR count). The van der Waals surface area contributed by atoms with Crippen molar-refractivity contribution in [1.29, 1.82) is 0 Å². The van der Waals surface area contributed by atoms with Crippen LogP contribution >= 0.6 is 22.7 Å². The minimum Gasteiger partial charge on any atom is -0.311 e. The van der Waals surface area contributed by atoms with E-state index in [0.29, 0.717) is 17.5 Å². The maximum Gasteiger partial charge on any atom is 0.164 e. The third-order valence-electron chi connectivity index (χ3n) is 21.9. The van der Waals surface area contributed by atoms with Gasteiger partial charge in [-0.3, -0.25) is 4.98 Å². The van der Waals surface area contributed by atoms with E-state index in [0.717, 1.165) is 95.0 Å². The zero-order valence-corrected chi connectivity index (χ0v) is 61.8. The van der Waals surface area contributed by atoms with Crippen LogP contribution in [0.15, 0.2) is 364 Å². The molecule has 0 spiro atoms. The monoisotopic (exact) mass is 1440 g/mol. The third kappa shape index (κ3) is 11.3. The van der Waals surface area contributed by atoms with E-state index in [1.165, 1.54) is 106 Å². The first kappa shape index (κ1) is 64.6. The number of fused-ring (bicyclic) bond motifs is 12. The molecule has 0 radical (unpaired) electrons. The Morgan fingerprint density at radius 3 is 1.35 bits per heavy atom. The average molecular weight is 1440 g/mol. The van der Waals surface area contributed by atoms with Crippen LogP contribution < -0.4 is 4.90 Å². The van der Waals surface area contributed by atoms with Crippen molar-refractivity contribution < 1.29 is 0 Å². The van der Waals surface area contributed by atoms with Crippen LogP contribution in [-0.4, -0.2) is 24.5 Å². The second-order valence-corrected chi connectivity index (χ2v) is 30.6. The Balaban J connectivity index is 0.638. The van der Waals surface area contributed by atoms with Crippen LogP contribution in [0.4, 0.5) is 17.1 Å². The van der Waals surface area contributed by atoms with Crippen molar-refractivity contribution >= 4 is 123 Å². The summed E-state index contributed by atoms with van der Waals surface area (Å²) in [5.74, 6) is 1.83. The average Bonchev–Trinajstić information content (AvgIpc) is 1.62. The molecule has 8 heteroatoms. The van der Waals surface area contributed by atoms with Gasteiger partial charge in [-0.15, -0.1) is 22.7 Å². The molecule has 0 N–H and O–H groups in total. The zero-order valence-electron chi connectivity index (χ0n) is 60.1. The van der Waals surface area contributed by atoms with E-state index >= 15 is 0 Å². The molecule has 5 aromatic heterocycles. The van der Waals surface area contributed by atoms with Gasteiger partial charge in [-0.05, 0) is 212 Å². The number of nitrogens with zero attached hydrogens (tertiary/aromatic N) is 6. The summed E-state index contributed by atoms with van der Waals surface area (Å²) < 4.78 is 7.53. The molecule has 516 valence electrons. The van der Waals surface area contributed by atoms with E-state index in [1.54, 1.807) is 0 Å². The first-order valence-corrected chi connectivity index (χ1v) is 38.9. The van der Waals surface area contributed by atoms with E-state index < -0.39 is 0 Å². The van der Waals surface area contributed by atoms with E-state index in [1.807, 2.05) is 66.0 Å². The van der Waals surface area contributed by atoms with Crippen molar-refractivity contribution in [1.82, 2.24) is 24.5 Å². The normalized spacial score (nSPS) is 11.7.